The van der Waals surface area contributed by atoms with Crippen molar-refractivity contribution in [2.75, 3.05) is 0 Å². The van der Waals surface area contributed by atoms with Gasteiger partial charge >= 0.3 is 0 Å². The minimum atomic E-state index is 0.0229. The molecule has 0 bridgehead atoms. The van der Waals surface area contributed by atoms with Gasteiger partial charge in [-0.05, 0) is 36.1 Å². The second kappa shape index (κ2) is 3.74. The first-order valence-electron chi connectivity index (χ1n) is 4.63. The molecule has 0 radical (unpaired) electrons. The van der Waals surface area contributed by atoms with Crippen molar-refractivity contribution in [2.24, 2.45) is 0 Å². The van der Waals surface area contributed by atoms with E-state index in [0.717, 1.165) is 5.56 Å². The van der Waals surface area contributed by atoms with Crippen molar-refractivity contribution in [2.45, 2.75) is 33.1 Å². The lowest BCUT2D eigenvalue weighted by Crippen LogP contribution is -2.12. The largest absolute Gasteiger partial charge is 0.295 e. The highest BCUT2D eigenvalue weighted by atomic mass is 35.5. The molecule has 0 fully saturated rings. The van der Waals surface area contributed by atoms with Gasteiger partial charge in [0.15, 0.2) is 5.78 Å². The molecule has 0 heterocycles. The van der Waals surface area contributed by atoms with Gasteiger partial charge in [0.05, 0.1) is 0 Å². The Balaban J connectivity index is 3.28. The molecule has 0 aliphatic heterocycles. The maximum absolute atomic E-state index is 11.2. The van der Waals surface area contributed by atoms with Crippen LogP contribution in [0.5, 0.6) is 0 Å². The third kappa shape index (κ3) is 2.58. The number of hydrogen-bond acceptors (Lipinski definition) is 1. The van der Waals surface area contributed by atoms with Crippen molar-refractivity contribution in [3.05, 3.63) is 34.3 Å². The molecular weight excluding hydrogens is 196 g/mol. The smallest absolute Gasteiger partial charge is 0.159 e. The number of carbonyl (C=O) groups excluding carboxylic acids is 1. The normalized spacial score (nSPS) is 11.5. The third-order valence-electron chi connectivity index (χ3n) is 2.17. The Kier molecular flexibility index (Phi) is 3.01. The number of benzene rings is 1. The summed E-state index contributed by atoms with van der Waals surface area (Å²) in [5.74, 6) is 0.0537. The van der Waals surface area contributed by atoms with Crippen LogP contribution in [0, 0.1) is 0 Å². The summed E-state index contributed by atoms with van der Waals surface area (Å²) in [5, 5.41) is 0.627. The van der Waals surface area contributed by atoms with E-state index < -0.39 is 0 Å². The second-order valence-electron chi connectivity index (χ2n) is 4.53. The van der Waals surface area contributed by atoms with Crippen molar-refractivity contribution in [3.63, 3.8) is 0 Å². The van der Waals surface area contributed by atoms with Crippen molar-refractivity contribution < 1.29 is 4.79 Å². The first-order valence-corrected chi connectivity index (χ1v) is 5.00. The first-order chi connectivity index (χ1) is 6.30. The van der Waals surface area contributed by atoms with Crippen molar-refractivity contribution >= 4 is 17.4 Å². The minimum Gasteiger partial charge on any atom is -0.295 e. The van der Waals surface area contributed by atoms with E-state index in [0.29, 0.717) is 10.6 Å². The summed E-state index contributed by atoms with van der Waals surface area (Å²) in [6.07, 6.45) is 0. The summed E-state index contributed by atoms with van der Waals surface area (Å²) in [5.41, 5.74) is 1.80. The van der Waals surface area contributed by atoms with Gasteiger partial charge in [0.1, 0.15) is 0 Å². The zero-order valence-corrected chi connectivity index (χ0v) is 9.77. The molecule has 0 saturated carbocycles. The molecule has 1 nitrogen and oxygen atoms in total. The number of halogens is 1. The number of rotatable bonds is 1. The highest BCUT2D eigenvalue weighted by Crippen LogP contribution is 2.26. The molecule has 1 aromatic rings. The van der Waals surface area contributed by atoms with E-state index in [9.17, 15) is 4.79 Å². The molecule has 0 atom stereocenters. The van der Waals surface area contributed by atoms with Crippen LogP contribution in [0.4, 0.5) is 0 Å². The van der Waals surface area contributed by atoms with E-state index in [4.69, 9.17) is 11.6 Å². The maximum Gasteiger partial charge on any atom is 0.159 e. The molecule has 1 aromatic carbocycles. The Morgan fingerprint density at radius 3 is 2.21 bits per heavy atom. The lowest BCUT2D eigenvalue weighted by molar-refractivity contribution is 0.101. The zero-order chi connectivity index (χ0) is 10.9. The molecule has 0 aromatic heterocycles. The monoisotopic (exact) mass is 210 g/mol. The highest BCUT2D eigenvalue weighted by Gasteiger charge is 2.15. The van der Waals surface area contributed by atoms with Crippen molar-refractivity contribution in [3.8, 4) is 0 Å². The van der Waals surface area contributed by atoms with Crippen LogP contribution in [0.25, 0.3) is 0 Å². The topological polar surface area (TPSA) is 17.1 Å². The van der Waals surface area contributed by atoms with Crippen LogP contribution in [0.1, 0.15) is 43.6 Å². The fraction of sp³-hybridized carbons (Fsp3) is 0.417. The maximum atomic E-state index is 11.2. The van der Waals surface area contributed by atoms with Gasteiger partial charge in [-0.3, -0.25) is 4.79 Å². The average Bonchev–Trinajstić information content (AvgIpc) is 2.01. The van der Waals surface area contributed by atoms with Crippen LogP contribution < -0.4 is 0 Å². The van der Waals surface area contributed by atoms with E-state index in [1.165, 1.54) is 0 Å². The molecule has 14 heavy (non-hydrogen) atoms. The van der Waals surface area contributed by atoms with Crippen LogP contribution in [-0.2, 0) is 5.41 Å². The number of hydrogen-bond donors (Lipinski definition) is 0. The predicted octanol–water partition coefficient (Wildman–Crippen LogP) is 3.84. The van der Waals surface area contributed by atoms with Crippen molar-refractivity contribution in [1.29, 1.82) is 0 Å². The summed E-state index contributed by atoms with van der Waals surface area (Å²) in [4.78, 5) is 11.2. The minimum absolute atomic E-state index is 0.0229. The average molecular weight is 211 g/mol. The molecular formula is C12H15ClO. The van der Waals surface area contributed by atoms with E-state index in [-0.39, 0.29) is 11.2 Å². The SMILES string of the molecule is CC(=O)c1cc(Cl)cc(C(C)(C)C)c1. The molecule has 0 unspecified atom stereocenters. The molecule has 76 valence electrons. The summed E-state index contributed by atoms with van der Waals surface area (Å²) in [6, 6.07) is 5.53. The molecule has 0 N–H and O–H groups in total. The van der Waals surface area contributed by atoms with Crippen LogP contribution >= 0.6 is 11.6 Å². The summed E-state index contributed by atoms with van der Waals surface area (Å²) in [7, 11) is 0. The fourth-order valence-electron chi connectivity index (χ4n) is 1.23. The lowest BCUT2D eigenvalue weighted by atomic mass is 9.86. The van der Waals surface area contributed by atoms with Gasteiger partial charge in [-0.1, -0.05) is 32.4 Å². The molecule has 0 amide bonds. The van der Waals surface area contributed by atoms with Crippen LogP contribution in [0.15, 0.2) is 18.2 Å². The summed E-state index contributed by atoms with van der Waals surface area (Å²) in [6.45, 7) is 7.85. The third-order valence-corrected chi connectivity index (χ3v) is 2.39. The quantitative estimate of drug-likeness (QED) is 0.644. The Morgan fingerprint density at radius 2 is 1.79 bits per heavy atom. The van der Waals surface area contributed by atoms with Gasteiger partial charge in [0.25, 0.3) is 0 Å². The number of ketones is 1. The molecule has 0 saturated heterocycles. The van der Waals surface area contributed by atoms with Gasteiger partial charge in [-0.15, -0.1) is 0 Å². The van der Waals surface area contributed by atoms with E-state index in [1.54, 1.807) is 13.0 Å². The van der Waals surface area contributed by atoms with Gasteiger partial charge in [0.2, 0.25) is 0 Å². The second-order valence-corrected chi connectivity index (χ2v) is 4.97. The van der Waals surface area contributed by atoms with E-state index in [2.05, 4.69) is 20.8 Å². The molecule has 0 spiro atoms. The molecule has 1 rings (SSSR count). The lowest BCUT2D eigenvalue weighted by Gasteiger charge is -2.19. The number of Topliss-reactive ketones (excluding diaryl/α,β-unsaturated/α-hetero) is 1. The molecule has 0 aliphatic rings. The van der Waals surface area contributed by atoms with Gasteiger partial charge < -0.3 is 0 Å². The predicted molar refractivity (Wildman–Crippen MR) is 60.2 cm³/mol. The highest BCUT2D eigenvalue weighted by molar-refractivity contribution is 6.31. The van der Waals surface area contributed by atoms with Crippen molar-refractivity contribution in [1.82, 2.24) is 0 Å². The zero-order valence-electron chi connectivity index (χ0n) is 9.02. The van der Waals surface area contributed by atoms with Crippen LogP contribution in [0.3, 0.4) is 0 Å². The first kappa shape index (κ1) is 11.3. The van der Waals surface area contributed by atoms with Gasteiger partial charge in [0, 0.05) is 10.6 Å². The Hall–Kier alpha value is -0.820. The summed E-state index contributed by atoms with van der Waals surface area (Å²) >= 11 is 5.95. The Morgan fingerprint density at radius 1 is 1.21 bits per heavy atom. The van der Waals surface area contributed by atoms with E-state index in [1.807, 2.05) is 12.1 Å². The van der Waals surface area contributed by atoms with Gasteiger partial charge in [-0.2, -0.15) is 0 Å². The Labute approximate surface area is 90.1 Å². The Bertz CT molecular complexity index is 361. The number of carbonyl (C=O) groups is 1. The summed E-state index contributed by atoms with van der Waals surface area (Å²) < 4.78 is 0. The molecule has 0 aliphatic carbocycles. The molecule has 2 heteroatoms. The van der Waals surface area contributed by atoms with Gasteiger partial charge in [-0.25, -0.2) is 0 Å². The van der Waals surface area contributed by atoms with Crippen LogP contribution in [0.2, 0.25) is 5.02 Å². The van der Waals surface area contributed by atoms with E-state index >= 15 is 0 Å². The van der Waals surface area contributed by atoms with Crippen LogP contribution in [-0.4, -0.2) is 5.78 Å². The fourth-order valence-corrected chi connectivity index (χ4v) is 1.46. The standard InChI is InChI=1S/C12H15ClO/c1-8(14)9-5-10(12(2,3)4)7-11(13)6-9/h5-7H,1-4H3.